The molecular weight excluding hydrogens is 418 g/mol. The highest BCUT2D eigenvalue weighted by Gasteiger charge is 2.17. The second kappa shape index (κ2) is 10.9. The normalized spacial score (nSPS) is 11.8. The third kappa shape index (κ3) is 7.35. The lowest BCUT2D eigenvalue weighted by Crippen LogP contribution is -2.40. The van der Waals surface area contributed by atoms with Gasteiger partial charge in [-0.05, 0) is 42.7 Å². The number of halogens is 1. The summed E-state index contributed by atoms with van der Waals surface area (Å²) in [6.07, 6.45) is 0.262. The molecule has 2 N–H and O–H groups in total. The van der Waals surface area contributed by atoms with Crippen molar-refractivity contribution in [3.63, 3.8) is 0 Å². The van der Waals surface area contributed by atoms with Crippen molar-refractivity contribution in [2.45, 2.75) is 33.2 Å². The van der Waals surface area contributed by atoms with E-state index in [0.717, 1.165) is 15.7 Å². The molecule has 0 radical (unpaired) electrons. The summed E-state index contributed by atoms with van der Waals surface area (Å²) in [6.45, 7) is 7.02. The molecule has 0 aromatic heterocycles. The summed E-state index contributed by atoms with van der Waals surface area (Å²) in [4.78, 5) is 26.7. The van der Waals surface area contributed by atoms with Crippen LogP contribution < -0.4 is 10.6 Å². The van der Waals surface area contributed by atoms with Crippen molar-refractivity contribution < 1.29 is 9.59 Å². The molecule has 0 fully saturated rings. The maximum Gasteiger partial charge on any atom is 0.321 e. The van der Waals surface area contributed by atoms with Gasteiger partial charge in [0.05, 0.1) is 6.04 Å². The van der Waals surface area contributed by atoms with Gasteiger partial charge in [-0.25, -0.2) is 4.79 Å². The van der Waals surface area contributed by atoms with E-state index in [2.05, 4.69) is 40.4 Å². The number of hydrogen-bond acceptors (Lipinski definition) is 2. The molecule has 5 nitrogen and oxygen atoms in total. The monoisotopic (exact) mass is 445 g/mol. The molecule has 28 heavy (non-hydrogen) atoms. The number of benzene rings is 2. The lowest BCUT2D eigenvalue weighted by Gasteiger charge is -2.25. The van der Waals surface area contributed by atoms with Crippen LogP contribution in [0.3, 0.4) is 0 Å². The number of nitrogens with zero attached hydrogens (tertiary/aromatic N) is 1. The van der Waals surface area contributed by atoms with Crippen LogP contribution in [0, 0.1) is 5.92 Å². The van der Waals surface area contributed by atoms with Crippen molar-refractivity contribution in [3.05, 3.63) is 64.6 Å². The van der Waals surface area contributed by atoms with E-state index in [4.69, 9.17) is 0 Å². The summed E-state index contributed by atoms with van der Waals surface area (Å²) < 4.78 is 0.953. The minimum Gasteiger partial charge on any atom is -0.350 e. The standard InChI is InChI=1S/C22H28BrN3O2/c1-16(2)15-26(22(28)25-20-11-9-19(23)10-12-20)14-13-21(27)24-17(3)18-7-5-4-6-8-18/h4-12,16-17H,13-15H2,1-3H3,(H,24,27)(H,25,28). The Morgan fingerprint density at radius 1 is 1.00 bits per heavy atom. The van der Waals surface area contributed by atoms with Gasteiger partial charge in [-0.15, -0.1) is 0 Å². The number of carbonyl (C=O) groups excluding carboxylic acids is 2. The van der Waals surface area contributed by atoms with Crippen LogP contribution in [0.15, 0.2) is 59.1 Å². The van der Waals surface area contributed by atoms with Crippen molar-refractivity contribution in [2.24, 2.45) is 5.92 Å². The van der Waals surface area contributed by atoms with E-state index in [9.17, 15) is 9.59 Å². The number of hydrogen-bond donors (Lipinski definition) is 2. The molecule has 1 atom stereocenters. The number of nitrogens with one attached hydrogen (secondary N) is 2. The minimum absolute atomic E-state index is 0.0659. The lowest BCUT2D eigenvalue weighted by molar-refractivity contribution is -0.121. The molecule has 0 aliphatic carbocycles. The highest BCUT2D eigenvalue weighted by atomic mass is 79.9. The summed E-state index contributed by atoms with van der Waals surface area (Å²) in [5.74, 6) is 0.239. The largest absolute Gasteiger partial charge is 0.350 e. The van der Waals surface area contributed by atoms with Crippen molar-refractivity contribution in [1.29, 1.82) is 0 Å². The second-order valence-corrected chi connectivity index (χ2v) is 8.14. The zero-order chi connectivity index (χ0) is 20.5. The van der Waals surface area contributed by atoms with Crippen LogP contribution in [0.1, 0.15) is 38.8 Å². The predicted octanol–water partition coefficient (Wildman–Crippen LogP) is 5.21. The first-order valence-corrected chi connectivity index (χ1v) is 10.3. The second-order valence-electron chi connectivity index (χ2n) is 7.23. The van der Waals surface area contributed by atoms with Crippen LogP contribution in [0.2, 0.25) is 0 Å². The number of anilines is 1. The molecule has 0 aliphatic heterocycles. The van der Waals surface area contributed by atoms with Crippen molar-refractivity contribution in [1.82, 2.24) is 10.2 Å². The summed E-state index contributed by atoms with van der Waals surface area (Å²) in [6, 6.07) is 17.0. The van der Waals surface area contributed by atoms with Crippen molar-refractivity contribution >= 4 is 33.6 Å². The van der Waals surface area contributed by atoms with Gasteiger partial charge in [0.25, 0.3) is 0 Å². The third-order valence-corrected chi connectivity index (χ3v) is 4.78. The molecule has 0 saturated carbocycles. The molecule has 3 amide bonds. The van der Waals surface area contributed by atoms with Gasteiger partial charge in [-0.3, -0.25) is 4.79 Å². The Labute approximate surface area is 175 Å². The highest BCUT2D eigenvalue weighted by Crippen LogP contribution is 2.15. The van der Waals surface area contributed by atoms with Crippen LogP contribution in [0.25, 0.3) is 0 Å². The molecule has 2 aromatic rings. The zero-order valence-corrected chi connectivity index (χ0v) is 18.2. The maximum absolute atomic E-state index is 12.7. The number of urea groups is 1. The highest BCUT2D eigenvalue weighted by molar-refractivity contribution is 9.10. The summed E-state index contributed by atoms with van der Waals surface area (Å²) in [5, 5.41) is 5.90. The van der Waals surface area contributed by atoms with Crippen molar-refractivity contribution in [3.8, 4) is 0 Å². The molecule has 2 rings (SSSR count). The van der Waals surface area contributed by atoms with E-state index in [1.165, 1.54) is 0 Å². The van der Waals surface area contributed by atoms with Crippen molar-refractivity contribution in [2.75, 3.05) is 18.4 Å². The molecule has 0 aliphatic rings. The molecule has 0 bridgehead atoms. The Morgan fingerprint density at radius 2 is 1.64 bits per heavy atom. The quantitative estimate of drug-likeness (QED) is 0.585. The summed E-state index contributed by atoms with van der Waals surface area (Å²) in [5.41, 5.74) is 1.78. The Bertz CT molecular complexity index is 763. The van der Waals surface area contributed by atoms with E-state index in [1.807, 2.05) is 61.5 Å². The molecule has 0 heterocycles. The van der Waals surface area contributed by atoms with E-state index in [0.29, 0.717) is 19.0 Å². The molecule has 1 unspecified atom stereocenters. The molecule has 6 heteroatoms. The molecular formula is C22H28BrN3O2. The fourth-order valence-electron chi connectivity index (χ4n) is 2.83. The van der Waals surface area contributed by atoms with Crippen LogP contribution in [0.4, 0.5) is 10.5 Å². The average Bonchev–Trinajstić information content (AvgIpc) is 2.67. The number of carbonyl (C=O) groups is 2. The van der Waals surface area contributed by atoms with E-state index in [-0.39, 0.29) is 24.4 Å². The first-order valence-electron chi connectivity index (χ1n) is 9.51. The lowest BCUT2D eigenvalue weighted by atomic mass is 10.1. The van der Waals surface area contributed by atoms with E-state index >= 15 is 0 Å². The average molecular weight is 446 g/mol. The van der Waals surface area contributed by atoms with Gasteiger partial charge < -0.3 is 15.5 Å². The van der Waals surface area contributed by atoms with Crippen LogP contribution in [-0.4, -0.2) is 29.9 Å². The third-order valence-electron chi connectivity index (χ3n) is 4.25. The number of rotatable bonds is 8. The predicted molar refractivity (Wildman–Crippen MR) is 117 cm³/mol. The molecule has 0 spiro atoms. The molecule has 0 saturated heterocycles. The topological polar surface area (TPSA) is 61.4 Å². The summed E-state index contributed by atoms with van der Waals surface area (Å²) in [7, 11) is 0. The Hall–Kier alpha value is -2.34. The van der Waals surface area contributed by atoms with E-state index < -0.39 is 0 Å². The smallest absolute Gasteiger partial charge is 0.321 e. The van der Waals surface area contributed by atoms with Crippen LogP contribution in [-0.2, 0) is 4.79 Å². The van der Waals surface area contributed by atoms with Gasteiger partial charge in [0.2, 0.25) is 5.91 Å². The Morgan fingerprint density at radius 3 is 2.25 bits per heavy atom. The Balaban J connectivity index is 1.90. The zero-order valence-electron chi connectivity index (χ0n) is 16.6. The number of amides is 3. The fraction of sp³-hybridized carbons (Fsp3) is 0.364. The van der Waals surface area contributed by atoms with Gasteiger partial charge in [-0.1, -0.05) is 60.1 Å². The van der Waals surface area contributed by atoms with Gasteiger partial charge in [-0.2, -0.15) is 0 Å². The summed E-state index contributed by atoms with van der Waals surface area (Å²) >= 11 is 3.38. The SMILES string of the molecule is CC(C)CN(CCC(=O)NC(C)c1ccccc1)C(=O)Nc1ccc(Br)cc1. The first kappa shape index (κ1) is 22.0. The van der Waals surface area contributed by atoms with Gasteiger partial charge in [0.1, 0.15) is 0 Å². The van der Waals surface area contributed by atoms with E-state index in [1.54, 1.807) is 4.90 Å². The van der Waals surface area contributed by atoms with Gasteiger partial charge in [0.15, 0.2) is 0 Å². The van der Waals surface area contributed by atoms with Gasteiger partial charge in [0, 0.05) is 29.7 Å². The van der Waals surface area contributed by atoms with Crippen LogP contribution in [0.5, 0.6) is 0 Å². The van der Waals surface area contributed by atoms with Gasteiger partial charge >= 0.3 is 6.03 Å². The maximum atomic E-state index is 12.7. The fourth-order valence-corrected chi connectivity index (χ4v) is 3.09. The Kier molecular flexibility index (Phi) is 8.51. The molecule has 2 aromatic carbocycles. The minimum atomic E-state index is -0.195. The first-order chi connectivity index (χ1) is 13.3. The van der Waals surface area contributed by atoms with Crippen LogP contribution >= 0.6 is 15.9 Å². The molecule has 150 valence electrons.